The van der Waals surface area contributed by atoms with Crippen LogP contribution < -0.4 is 0 Å². The number of carbonyl (C=O) groups excluding carboxylic acids is 2. The van der Waals surface area contributed by atoms with Gasteiger partial charge >= 0.3 is 5.97 Å². The Morgan fingerprint density at radius 2 is 1.80 bits per heavy atom. The van der Waals surface area contributed by atoms with Gasteiger partial charge in [0.25, 0.3) is 0 Å². The number of allylic oxidation sites excluding steroid dienone is 2. The van der Waals surface area contributed by atoms with Gasteiger partial charge in [-0.25, -0.2) is 0 Å². The molecule has 1 aliphatic carbocycles. The molecule has 0 amide bonds. The summed E-state index contributed by atoms with van der Waals surface area (Å²) in [6.45, 7) is 2.19. The van der Waals surface area contributed by atoms with E-state index in [4.69, 9.17) is 0 Å². The number of methoxy groups -OCH3 is 1. The summed E-state index contributed by atoms with van der Waals surface area (Å²) in [6.07, 6.45) is 10.8. The molecule has 0 heterocycles. The lowest BCUT2D eigenvalue weighted by molar-refractivity contribution is -0.140. The largest absolute Gasteiger partial charge is 0.469 e. The smallest absolute Gasteiger partial charge is 0.305 e. The molecule has 3 heteroatoms. The van der Waals surface area contributed by atoms with Crippen molar-refractivity contribution in [1.29, 1.82) is 0 Å². The van der Waals surface area contributed by atoms with Gasteiger partial charge in [0.1, 0.15) is 0 Å². The van der Waals surface area contributed by atoms with Gasteiger partial charge in [-0.15, -0.1) is 0 Å². The molecule has 0 atom stereocenters. The van der Waals surface area contributed by atoms with E-state index in [-0.39, 0.29) is 5.97 Å². The van der Waals surface area contributed by atoms with Gasteiger partial charge in [-0.2, -0.15) is 0 Å². The summed E-state index contributed by atoms with van der Waals surface area (Å²) in [5.41, 5.74) is 2.55. The van der Waals surface area contributed by atoms with E-state index >= 15 is 0 Å². The van der Waals surface area contributed by atoms with Crippen LogP contribution >= 0.6 is 0 Å². The van der Waals surface area contributed by atoms with E-state index in [1.54, 1.807) is 0 Å². The first kappa shape index (κ1) is 16.9. The molecular formula is C17H28O3. The van der Waals surface area contributed by atoms with Crippen molar-refractivity contribution in [2.24, 2.45) is 0 Å². The summed E-state index contributed by atoms with van der Waals surface area (Å²) in [7, 11) is 1.43. The van der Waals surface area contributed by atoms with Crippen LogP contribution in [0.25, 0.3) is 0 Å². The van der Waals surface area contributed by atoms with Crippen LogP contribution in [0.1, 0.15) is 77.6 Å². The van der Waals surface area contributed by atoms with Gasteiger partial charge in [-0.3, -0.25) is 9.59 Å². The Morgan fingerprint density at radius 3 is 2.50 bits per heavy atom. The van der Waals surface area contributed by atoms with Crippen molar-refractivity contribution < 1.29 is 14.3 Å². The van der Waals surface area contributed by atoms with Crippen LogP contribution in [0.3, 0.4) is 0 Å². The molecule has 0 unspecified atom stereocenters. The Kier molecular flexibility index (Phi) is 8.24. The first-order valence-electron chi connectivity index (χ1n) is 8.00. The standard InChI is InChI=1S/C17H28O3/c1-3-4-9-14-12-13-16(18)15(14)10-7-5-6-8-11-17(19)20-2/h3-13H2,1-2H3. The van der Waals surface area contributed by atoms with Crippen molar-refractivity contribution in [3.63, 3.8) is 0 Å². The second-order valence-corrected chi connectivity index (χ2v) is 5.60. The van der Waals surface area contributed by atoms with Crippen LogP contribution in [0.4, 0.5) is 0 Å². The molecule has 1 rings (SSSR count). The van der Waals surface area contributed by atoms with Gasteiger partial charge in [-0.1, -0.05) is 31.8 Å². The quantitative estimate of drug-likeness (QED) is 0.441. The van der Waals surface area contributed by atoms with Crippen LogP contribution in [0.5, 0.6) is 0 Å². The number of hydrogen-bond donors (Lipinski definition) is 0. The van der Waals surface area contributed by atoms with Gasteiger partial charge in [0.15, 0.2) is 5.78 Å². The van der Waals surface area contributed by atoms with Crippen LogP contribution in [-0.4, -0.2) is 18.9 Å². The zero-order valence-electron chi connectivity index (χ0n) is 13.0. The highest BCUT2D eigenvalue weighted by molar-refractivity contribution is 5.98. The molecule has 0 aromatic carbocycles. The maximum atomic E-state index is 11.9. The summed E-state index contributed by atoms with van der Waals surface area (Å²) in [5, 5.41) is 0. The number of carbonyl (C=O) groups is 2. The van der Waals surface area contributed by atoms with Gasteiger partial charge < -0.3 is 4.74 Å². The number of ketones is 1. The molecular weight excluding hydrogens is 252 g/mol. The number of unbranched alkanes of at least 4 members (excludes halogenated alkanes) is 4. The maximum Gasteiger partial charge on any atom is 0.305 e. The Balaban J connectivity index is 2.21. The third-order valence-corrected chi connectivity index (χ3v) is 4.03. The fourth-order valence-corrected chi connectivity index (χ4v) is 2.77. The molecule has 0 bridgehead atoms. The highest BCUT2D eigenvalue weighted by Gasteiger charge is 2.21. The predicted octanol–water partition coefficient (Wildman–Crippen LogP) is 4.35. The lowest BCUT2D eigenvalue weighted by Gasteiger charge is -2.06. The molecule has 1 aliphatic rings. The van der Waals surface area contributed by atoms with Crippen LogP contribution in [-0.2, 0) is 14.3 Å². The normalized spacial score (nSPS) is 15.0. The first-order valence-corrected chi connectivity index (χ1v) is 8.00. The number of hydrogen-bond acceptors (Lipinski definition) is 3. The summed E-state index contributed by atoms with van der Waals surface area (Å²) in [4.78, 5) is 22.8. The Morgan fingerprint density at radius 1 is 1.05 bits per heavy atom. The molecule has 0 N–H and O–H groups in total. The molecule has 0 aromatic rings. The van der Waals surface area contributed by atoms with Crippen molar-refractivity contribution in [2.75, 3.05) is 7.11 Å². The van der Waals surface area contributed by atoms with E-state index in [1.807, 2.05) is 0 Å². The molecule has 3 nitrogen and oxygen atoms in total. The van der Waals surface area contributed by atoms with Gasteiger partial charge in [0, 0.05) is 12.8 Å². The Hall–Kier alpha value is -1.12. The fraction of sp³-hybridized carbons (Fsp3) is 0.765. The minimum atomic E-state index is -0.125. The average Bonchev–Trinajstić information content (AvgIpc) is 2.80. The molecule has 114 valence electrons. The second-order valence-electron chi connectivity index (χ2n) is 5.60. The molecule has 0 aliphatic heterocycles. The van der Waals surface area contributed by atoms with Crippen LogP contribution in [0.15, 0.2) is 11.1 Å². The highest BCUT2D eigenvalue weighted by atomic mass is 16.5. The van der Waals surface area contributed by atoms with Crippen LogP contribution in [0.2, 0.25) is 0 Å². The number of rotatable bonds is 10. The third kappa shape index (κ3) is 5.89. The highest BCUT2D eigenvalue weighted by Crippen LogP contribution is 2.30. The Labute approximate surface area is 122 Å². The minimum absolute atomic E-state index is 0.125. The van der Waals surface area contributed by atoms with E-state index in [9.17, 15) is 9.59 Å². The molecule has 0 saturated heterocycles. The number of Topliss-reactive ketones (excluding diaryl/α,β-unsaturated/α-hetero) is 1. The zero-order valence-corrected chi connectivity index (χ0v) is 13.0. The van der Waals surface area contributed by atoms with Gasteiger partial charge in [0.05, 0.1) is 7.11 Å². The van der Waals surface area contributed by atoms with Crippen LogP contribution in [0, 0.1) is 0 Å². The molecule has 0 radical (unpaired) electrons. The van der Waals surface area contributed by atoms with Crippen molar-refractivity contribution >= 4 is 11.8 Å². The number of ether oxygens (including phenoxy) is 1. The molecule has 20 heavy (non-hydrogen) atoms. The first-order chi connectivity index (χ1) is 9.69. The van der Waals surface area contributed by atoms with Crippen molar-refractivity contribution in [3.05, 3.63) is 11.1 Å². The molecule has 0 saturated carbocycles. The lowest BCUT2D eigenvalue weighted by atomic mass is 9.99. The van der Waals surface area contributed by atoms with Gasteiger partial charge in [-0.05, 0) is 44.1 Å². The van der Waals surface area contributed by atoms with Gasteiger partial charge in [0.2, 0.25) is 0 Å². The fourth-order valence-electron chi connectivity index (χ4n) is 2.77. The SMILES string of the molecule is CCCCC1=C(CCCCCCC(=O)OC)C(=O)CC1. The summed E-state index contributed by atoms with van der Waals surface area (Å²) in [6, 6.07) is 0. The average molecular weight is 280 g/mol. The number of esters is 1. The summed E-state index contributed by atoms with van der Waals surface area (Å²) >= 11 is 0. The summed E-state index contributed by atoms with van der Waals surface area (Å²) in [5.74, 6) is 0.256. The Bertz CT molecular complexity index is 355. The molecule has 0 fully saturated rings. The monoisotopic (exact) mass is 280 g/mol. The zero-order chi connectivity index (χ0) is 14.8. The molecule has 0 aromatic heterocycles. The van der Waals surface area contributed by atoms with Crippen molar-refractivity contribution in [1.82, 2.24) is 0 Å². The molecule has 0 spiro atoms. The minimum Gasteiger partial charge on any atom is -0.469 e. The van der Waals surface area contributed by atoms with E-state index < -0.39 is 0 Å². The van der Waals surface area contributed by atoms with E-state index in [2.05, 4.69) is 11.7 Å². The second kappa shape index (κ2) is 9.73. The van der Waals surface area contributed by atoms with Crippen molar-refractivity contribution in [2.45, 2.75) is 77.6 Å². The topological polar surface area (TPSA) is 43.4 Å². The van der Waals surface area contributed by atoms with E-state index in [0.29, 0.717) is 12.2 Å². The third-order valence-electron chi connectivity index (χ3n) is 4.03. The maximum absolute atomic E-state index is 11.9. The van der Waals surface area contributed by atoms with E-state index in [1.165, 1.54) is 25.5 Å². The van der Waals surface area contributed by atoms with Crippen molar-refractivity contribution in [3.8, 4) is 0 Å². The van der Waals surface area contributed by atoms with E-state index in [0.717, 1.165) is 56.9 Å². The lowest BCUT2D eigenvalue weighted by Crippen LogP contribution is -1.99. The summed E-state index contributed by atoms with van der Waals surface area (Å²) < 4.78 is 4.61. The predicted molar refractivity (Wildman–Crippen MR) is 80.5 cm³/mol.